The largest absolute Gasteiger partial charge is 0.371 e. The smallest absolute Gasteiger partial charge is 0.243 e. The van der Waals surface area contributed by atoms with Gasteiger partial charge in [-0.1, -0.05) is 24.8 Å². The number of anilines is 1. The highest BCUT2D eigenvalue weighted by atomic mass is 35.5. The van der Waals surface area contributed by atoms with Gasteiger partial charge in [0.2, 0.25) is 15.9 Å². The van der Waals surface area contributed by atoms with Crippen LogP contribution in [0.2, 0.25) is 0 Å². The molecule has 0 aliphatic carbocycles. The molecule has 7 nitrogen and oxygen atoms in total. The van der Waals surface area contributed by atoms with Gasteiger partial charge in [-0.05, 0) is 48.6 Å². The number of rotatable bonds is 6. The Labute approximate surface area is 196 Å². The molecule has 2 aliphatic heterocycles. The van der Waals surface area contributed by atoms with Crippen molar-refractivity contribution in [3.63, 3.8) is 0 Å². The predicted octanol–water partition coefficient (Wildman–Crippen LogP) is 2.90. The lowest BCUT2D eigenvalue weighted by atomic mass is 9.95. The third-order valence-electron chi connectivity index (χ3n) is 6.16. The summed E-state index contributed by atoms with van der Waals surface area (Å²) in [5, 5.41) is 0. The highest BCUT2D eigenvalue weighted by Crippen LogP contribution is 2.25. The zero-order valence-electron chi connectivity index (χ0n) is 18.0. The first-order valence-corrected chi connectivity index (χ1v) is 12.1. The highest BCUT2D eigenvalue weighted by Gasteiger charge is 2.34. The number of nitrogens with zero attached hydrogens (tertiary/aromatic N) is 4. The van der Waals surface area contributed by atoms with Crippen molar-refractivity contribution in [2.75, 3.05) is 44.2 Å². The quantitative estimate of drug-likeness (QED) is 0.641. The fraction of sp³-hybridized carbons (Fsp3) is 0.391. The summed E-state index contributed by atoms with van der Waals surface area (Å²) in [7, 11) is -3.67. The van der Waals surface area contributed by atoms with Gasteiger partial charge in [-0.3, -0.25) is 9.78 Å². The minimum absolute atomic E-state index is 0. The van der Waals surface area contributed by atoms with Gasteiger partial charge in [-0.15, -0.1) is 12.4 Å². The fourth-order valence-electron chi connectivity index (χ4n) is 4.25. The molecule has 2 aromatic rings. The number of benzene rings is 1. The topological polar surface area (TPSA) is 73.8 Å². The molecule has 3 heterocycles. The van der Waals surface area contributed by atoms with E-state index in [4.69, 9.17) is 0 Å². The van der Waals surface area contributed by atoms with E-state index in [1.54, 1.807) is 42.7 Å². The Bertz CT molecular complexity index is 1020. The maximum absolute atomic E-state index is 12.9. The summed E-state index contributed by atoms with van der Waals surface area (Å²) in [5.74, 6) is 0.325. The third-order valence-corrected chi connectivity index (χ3v) is 8.02. The minimum Gasteiger partial charge on any atom is -0.371 e. The SMILES string of the molecule is C=Cc1ccc(S(=O)(=O)N2CCN(CC3CCN(c4ccncc4)CC3)C(=O)C2)cc1.Cl. The minimum atomic E-state index is -3.67. The van der Waals surface area contributed by atoms with Crippen molar-refractivity contribution >= 4 is 40.1 Å². The molecular weight excluding hydrogens is 448 g/mol. The summed E-state index contributed by atoms with van der Waals surface area (Å²) >= 11 is 0. The first kappa shape index (κ1) is 24.2. The molecule has 2 fully saturated rings. The van der Waals surface area contributed by atoms with Gasteiger partial charge in [-0.2, -0.15) is 4.31 Å². The molecule has 0 spiro atoms. The number of carbonyl (C=O) groups is 1. The van der Waals surface area contributed by atoms with Gasteiger partial charge >= 0.3 is 0 Å². The van der Waals surface area contributed by atoms with Crippen LogP contribution in [0.25, 0.3) is 6.08 Å². The van der Waals surface area contributed by atoms with Crippen LogP contribution in [0.3, 0.4) is 0 Å². The summed E-state index contributed by atoms with van der Waals surface area (Å²) in [4.78, 5) is 21.2. The number of pyridine rings is 1. The zero-order valence-corrected chi connectivity index (χ0v) is 19.6. The van der Waals surface area contributed by atoms with Gasteiger partial charge in [0.15, 0.2) is 0 Å². The van der Waals surface area contributed by atoms with Crippen molar-refractivity contribution in [1.29, 1.82) is 0 Å². The molecule has 0 atom stereocenters. The summed E-state index contributed by atoms with van der Waals surface area (Å²) in [6.45, 7) is 6.96. The molecule has 4 rings (SSSR count). The van der Waals surface area contributed by atoms with Crippen LogP contribution < -0.4 is 4.90 Å². The van der Waals surface area contributed by atoms with Crippen LogP contribution in [0, 0.1) is 5.92 Å². The molecule has 0 saturated carbocycles. The third kappa shape index (κ3) is 5.31. The van der Waals surface area contributed by atoms with Crippen LogP contribution >= 0.6 is 12.4 Å². The predicted molar refractivity (Wildman–Crippen MR) is 128 cm³/mol. The van der Waals surface area contributed by atoms with Crippen LogP contribution in [0.15, 0.2) is 60.3 Å². The number of hydrogen-bond donors (Lipinski definition) is 0. The van der Waals surface area contributed by atoms with Crippen molar-refractivity contribution in [3.8, 4) is 0 Å². The first-order valence-electron chi connectivity index (χ1n) is 10.6. The average Bonchev–Trinajstić information content (AvgIpc) is 2.81. The number of halogens is 1. The first-order chi connectivity index (χ1) is 15.0. The van der Waals surface area contributed by atoms with E-state index >= 15 is 0 Å². The molecule has 0 unspecified atom stereocenters. The van der Waals surface area contributed by atoms with E-state index in [1.807, 2.05) is 17.0 Å². The molecule has 0 N–H and O–H groups in total. The van der Waals surface area contributed by atoms with Gasteiger partial charge in [-0.25, -0.2) is 8.42 Å². The van der Waals surface area contributed by atoms with Gasteiger partial charge in [0, 0.05) is 50.8 Å². The molecular formula is C23H29ClN4O3S. The average molecular weight is 477 g/mol. The van der Waals surface area contributed by atoms with E-state index < -0.39 is 10.0 Å². The molecule has 1 amide bonds. The van der Waals surface area contributed by atoms with Gasteiger partial charge < -0.3 is 9.80 Å². The maximum Gasteiger partial charge on any atom is 0.243 e. The lowest BCUT2D eigenvalue weighted by molar-refractivity contribution is -0.134. The van der Waals surface area contributed by atoms with Crippen LogP contribution in [-0.4, -0.2) is 67.8 Å². The van der Waals surface area contributed by atoms with E-state index in [-0.39, 0.29) is 29.8 Å². The highest BCUT2D eigenvalue weighted by molar-refractivity contribution is 7.89. The lowest BCUT2D eigenvalue weighted by Crippen LogP contribution is -2.53. The second-order valence-electron chi connectivity index (χ2n) is 8.09. The summed E-state index contributed by atoms with van der Waals surface area (Å²) in [5.41, 5.74) is 2.04. The molecule has 1 aromatic carbocycles. The maximum atomic E-state index is 12.9. The number of amides is 1. The molecule has 0 radical (unpaired) electrons. The van der Waals surface area contributed by atoms with E-state index in [0.29, 0.717) is 25.6 Å². The molecule has 2 saturated heterocycles. The van der Waals surface area contributed by atoms with Crippen LogP contribution in [-0.2, 0) is 14.8 Å². The van der Waals surface area contributed by atoms with Crippen LogP contribution in [0.1, 0.15) is 18.4 Å². The Morgan fingerprint density at radius 3 is 2.25 bits per heavy atom. The molecule has 0 bridgehead atoms. The number of sulfonamides is 1. The standard InChI is InChI=1S/C23H28N4O3S.ClH/c1-2-19-3-5-22(6-4-19)31(29,30)27-16-15-26(23(28)18-27)17-20-9-13-25(14-10-20)21-7-11-24-12-8-21;/h2-8,11-12,20H,1,9-10,13-18H2;1H. The Hall–Kier alpha value is -2.42. The fourth-order valence-corrected chi connectivity index (χ4v) is 5.63. The lowest BCUT2D eigenvalue weighted by Gasteiger charge is -2.38. The van der Waals surface area contributed by atoms with E-state index in [9.17, 15) is 13.2 Å². The second-order valence-corrected chi connectivity index (χ2v) is 10.0. The monoisotopic (exact) mass is 476 g/mol. The summed E-state index contributed by atoms with van der Waals surface area (Å²) in [6.07, 6.45) is 7.32. The number of hydrogen-bond acceptors (Lipinski definition) is 5. The normalized spacial score (nSPS) is 18.3. The van der Waals surface area contributed by atoms with Crippen molar-refractivity contribution in [2.24, 2.45) is 5.92 Å². The summed E-state index contributed by atoms with van der Waals surface area (Å²) < 4.78 is 27.1. The van der Waals surface area contributed by atoms with Gasteiger partial charge in [0.1, 0.15) is 0 Å². The number of piperazine rings is 1. The van der Waals surface area contributed by atoms with Crippen molar-refractivity contribution in [2.45, 2.75) is 17.7 Å². The van der Waals surface area contributed by atoms with Crippen LogP contribution in [0.4, 0.5) is 5.69 Å². The zero-order chi connectivity index (χ0) is 21.8. The molecule has 32 heavy (non-hydrogen) atoms. The Morgan fingerprint density at radius 2 is 1.66 bits per heavy atom. The summed E-state index contributed by atoms with van der Waals surface area (Å²) in [6, 6.07) is 10.6. The van der Waals surface area contributed by atoms with Crippen molar-refractivity contribution in [3.05, 3.63) is 60.9 Å². The number of aromatic nitrogens is 1. The Balaban J connectivity index is 0.00000289. The molecule has 172 valence electrons. The Kier molecular flexibility index (Phi) is 7.92. The number of carbonyl (C=O) groups excluding carboxylic acids is 1. The number of piperidine rings is 1. The van der Waals surface area contributed by atoms with E-state index in [0.717, 1.165) is 31.5 Å². The molecule has 1 aromatic heterocycles. The van der Waals surface area contributed by atoms with E-state index in [2.05, 4.69) is 16.5 Å². The van der Waals surface area contributed by atoms with E-state index in [1.165, 1.54) is 9.99 Å². The van der Waals surface area contributed by atoms with Crippen molar-refractivity contribution < 1.29 is 13.2 Å². The molecule has 2 aliphatic rings. The van der Waals surface area contributed by atoms with Gasteiger partial charge in [0.25, 0.3) is 0 Å². The Morgan fingerprint density at radius 1 is 1.00 bits per heavy atom. The second kappa shape index (κ2) is 10.5. The van der Waals surface area contributed by atoms with Gasteiger partial charge in [0.05, 0.1) is 11.4 Å². The van der Waals surface area contributed by atoms with Crippen LogP contribution in [0.5, 0.6) is 0 Å². The van der Waals surface area contributed by atoms with Crippen molar-refractivity contribution in [1.82, 2.24) is 14.2 Å². The molecule has 9 heteroatoms.